The first kappa shape index (κ1) is 12.4. The van der Waals surface area contributed by atoms with E-state index >= 15 is 0 Å². The summed E-state index contributed by atoms with van der Waals surface area (Å²) in [7, 11) is 3.51. The molecule has 0 aliphatic rings. The predicted octanol–water partition coefficient (Wildman–Crippen LogP) is 1.41. The standard InChI is InChI=1S/C13H18N4O/c1-9-5-4-6-10-12(9)17(13(14)15-10)8-7-11(18)16(2)3/h4-6H,7-8H2,1-3H3,(H2,14,15). The van der Waals surface area contributed by atoms with E-state index in [1.54, 1.807) is 19.0 Å². The van der Waals surface area contributed by atoms with Gasteiger partial charge in [-0.05, 0) is 18.6 Å². The number of rotatable bonds is 3. The van der Waals surface area contributed by atoms with Crippen molar-refractivity contribution >= 4 is 22.9 Å². The number of carbonyl (C=O) groups is 1. The van der Waals surface area contributed by atoms with E-state index in [1.807, 2.05) is 29.7 Å². The van der Waals surface area contributed by atoms with Crippen LogP contribution >= 0.6 is 0 Å². The smallest absolute Gasteiger partial charge is 0.223 e. The van der Waals surface area contributed by atoms with Crippen LogP contribution in [0.15, 0.2) is 18.2 Å². The van der Waals surface area contributed by atoms with E-state index in [4.69, 9.17) is 5.73 Å². The van der Waals surface area contributed by atoms with Crippen LogP contribution in [0.2, 0.25) is 0 Å². The maximum absolute atomic E-state index is 11.6. The molecule has 0 saturated heterocycles. The summed E-state index contributed by atoms with van der Waals surface area (Å²) in [5.41, 5.74) is 8.93. The molecular weight excluding hydrogens is 228 g/mol. The Morgan fingerprint density at radius 3 is 2.83 bits per heavy atom. The molecule has 0 aliphatic heterocycles. The van der Waals surface area contributed by atoms with Gasteiger partial charge < -0.3 is 15.2 Å². The summed E-state index contributed by atoms with van der Waals surface area (Å²) in [5.74, 6) is 0.552. The Bertz CT molecular complexity index is 586. The van der Waals surface area contributed by atoms with Gasteiger partial charge in [0.2, 0.25) is 11.9 Å². The van der Waals surface area contributed by atoms with Crippen LogP contribution in [0.4, 0.5) is 5.95 Å². The Labute approximate surface area is 106 Å². The van der Waals surface area contributed by atoms with Gasteiger partial charge in [0, 0.05) is 27.1 Å². The molecular formula is C13H18N4O. The number of anilines is 1. The predicted molar refractivity (Wildman–Crippen MR) is 72.2 cm³/mol. The number of aryl methyl sites for hydroxylation is 2. The Morgan fingerprint density at radius 2 is 2.17 bits per heavy atom. The SMILES string of the molecule is Cc1cccc2nc(N)n(CCC(=O)N(C)C)c12. The van der Waals surface area contributed by atoms with Crippen LogP contribution in [-0.2, 0) is 11.3 Å². The Hall–Kier alpha value is -2.04. The summed E-state index contributed by atoms with van der Waals surface area (Å²) in [6.07, 6.45) is 0.428. The number of hydrogen-bond donors (Lipinski definition) is 1. The van der Waals surface area contributed by atoms with Crippen LogP contribution in [0.1, 0.15) is 12.0 Å². The number of nitrogen functional groups attached to an aromatic ring is 1. The van der Waals surface area contributed by atoms with E-state index in [2.05, 4.69) is 4.98 Å². The third-order valence-corrected chi connectivity index (χ3v) is 3.05. The molecule has 0 radical (unpaired) electrons. The number of fused-ring (bicyclic) bond motifs is 1. The van der Waals surface area contributed by atoms with Crippen LogP contribution in [0.25, 0.3) is 11.0 Å². The maximum Gasteiger partial charge on any atom is 0.223 e. The lowest BCUT2D eigenvalue weighted by Crippen LogP contribution is -2.23. The molecule has 0 aliphatic carbocycles. The Morgan fingerprint density at radius 1 is 1.44 bits per heavy atom. The molecule has 0 unspecified atom stereocenters. The number of nitrogens with zero attached hydrogens (tertiary/aromatic N) is 3. The zero-order valence-electron chi connectivity index (χ0n) is 11.0. The second kappa shape index (κ2) is 4.68. The highest BCUT2D eigenvalue weighted by Crippen LogP contribution is 2.21. The lowest BCUT2D eigenvalue weighted by atomic mass is 10.2. The topological polar surface area (TPSA) is 64.1 Å². The molecule has 5 heteroatoms. The fraction of sp³-hybridized carbons (Fsp3) is 0.385. The van der Waals surface area contributed by atoms with Crippen molar-refractivity contribution in [3.05, 3.63) is 23.8 Å². The molecule has 0 spiro atoms. The van der Waals surface area contributed by atoms with Gasteiger partial charge in [0.25, 0.3) is 0 Å². The molecule has 5 nitrogen and oxygen atoms in total. The van der Waals surface area contributed by atoms with E-state index < -0.39 is 0 Å². The lowest BCUT2D eigenvalue weighted by molar-refractivity contribution is -0.128. The largest absolute Gasteiger partial charge is 0.369 e. The molecule has 0 atom stereocenters. The Kier molecular flexibility index (Phi) is 3.23. The average Bonchev–Trinajstić information content (AvgIpc) is 2.63. The summed E-state index contributed by atoms with van der Waals surface area (Å²) >= 11 is 0. The normalized spacial score (nSPS) is 10.8. The number of benzene rings is 1. The highest BCUT2D eigenvalue weighted by atomic mass is 16.2. The minimum atomic E-state index is 0.0878. The van der Waals surface area contributed by atoms with Gasteiger partial charge in [-0.25, -0.2) is 4.98 Å². The van der Waals surface area contributed by atoms with Crippen molar-refractivity contribution in [3.8, 4) is 0 Å². The van der Waals surface area contributed by atoms with Gasteiger partial charge in [0.15, 0.2) is 0 Å². The monoisotopic (exact) mass is 246 g/mol. The molecule has 2 N–H and O–H groups in total. The average molecular weight is 246 g/mol. The maximum atomic E-state index is 11.6. The molecule has 1 aromatic carbocycles. The number of carbonyl (C=O) groups excluding carboxylic acids is 1. The summed E-state index contributed by atoms with van der Waals surface area (Å²) < 4.78 is 1.91. The molecule has 0 saturated carbocycles. The molecule has 96 valence electrons. The van der Waals surface area contributed by atoms with Gasteiger partial charge >= 0.3 is 0 Å². The number of para-hydroxylation sites is 1. The second-order valence-electron chi connectivity index (χ2n) is 4.60. The minimum absolute atomic E-state index is 0.0878. The number of imidazole rings is 1. The van der Waals surface area contributed by atoms with Gasteiger partial charge in [0.1, 0.15) is 0 Å². The number of hydrogen-bond acceptors (Lipinski definition) is 3. The van der Waals surface area contributed by atoms with E-state index in [0.717, 1.165) is 16.6 Å². The van der Waals surface area contributed by atoms with Crippen LogP contribution < -0.4 is 5.73 Å². The molecule has 1 aromatic heterocycles. The summed E-state index contributed by atoms with van der Waals surface area (Å²) in [5, 5.41) is 0. The van der Waals surface area contributed by atoms with E-state index in [1.165, 1.54) is 0 Å². The zero-order chi connectivity index (χ0) is 13.3. The van der Waals surface area contributed by atoms with E-state index in [-0.39, 0.29) is 5.91 Å². The fourth-order valence-electron chi connectivity index (χ4n) is 2.04. The van der Waals surface area contributed by atoms with Crippen molar-refractivity contribution in [1.82, 2.24) is 14.5 Å². The first-order valence-electron chi connectivity index (χ1n) is 5.92. The summed E-state index contributed by atoms with van der Waals surface area (Å²) in [4.78, 5) is 17.5. The third kappa shape index (κ3) is 2.16. The Balaban J connectivity index is 2.33. The molecule has 1 amide bonds. The quantitative estimate of drug-likeness (QED) is 0.890. The fourth-order valence-corrected chi connectivity index (χ4v) is 2.04. The van der Waals surface area contributed by atoms with Crippen molar-refractivity contribution in [2.75, 3.05) is 19.8 Å². The summed E-state index contributed by atoms with van der Waals surface area (Å²) in [6.45, 7) is 2.58. The molecule has 0 fully saturated rings. The van der Waals surface area contributed by atoms with Crippen molar-refractivity contribution < 1.29 is 4.79 Å². The molecule has 2 rings (SSSR count). The van der Waals surface area contributed by atoms with Crippen molar-refractivity contribution in [1.29, 1.82) is 0 Å². The zero-order valence-corrected chi connectivity index (χ0v) is 11.0. The molecule has 18 heavy (non-hydrogen) atoms. The first-order chi connectivity index (χ1) is 8.50. The van der Waals surface area contributed by atoms with Crippen LogP contribution in [0.3, 0.4) is 0 Å². The van der Waals surface area contributed by atoms with Crippen LogP contribution in [-0.4, -0.2) is 34.5 Å². The van der Waals surface area contributed by atoms with Gasteiger partial charge in [0.05, 0.1) is 11.0 Å². The number of nitrogens with two attached hydrogens (primary N) is 1. The lowest BCUT2D eigenvalue weighted by Gasteiger charge is -2.12. The molecule has 2 aromatic rings. The second-order valence-corrected chi connectivity index (χ2v) is 4.60. The van der Waals surface area contributed by atoms with Crippen molar-refractivity contribution in [2.45, 2.75) is 19.9 Å². The summed E-state index contributed by atoms with van der Waals surface area (Å²) in [6, 6.07) is 5.91. The van der Waals surface area contributed by atoms with Gasteiger partial charge in [-0.3, -0.25) is 4.79 Å². The first-order valence-corrected chi connectivity index (χ1v) is 5.92. The highest BCUT2D eigenvalue weighted by Gasteiger charge is 2.12. The van der Waals surface area contributed by atoms with E-state index in [0.29, 0.717) is 18.9 Å². The van der Waals surface area contributed by atoms with Gasteiger partial charge in [-0.15, -0.1) is 0 Å². The van der Waals surface area contributed by atoms with Crippen LogP contribution in [0, 0.1) is 6.92 Å². The molecule has 1 heterocycles. The third-order valence-electron chi connectivity index (χ3n) is 3.05. The minimum Gasteiger partial charge on any atom is -0.369 e. The van der Waals surface area contributed by atoms with Crippen molar-refractivity contribution in [3.63, 3.8) is 0 Å². The van der Waals surface area contributed by atoms with Gasteiger partial charge in [-0.1, -0.05) is 12.1 Å². The van der Waals surface area contributed by atoms with Gasteiger partial charge in [-0.2, -0.15) is 0 Å². The number of aromatic nitrogens is 2. The highest BCUT2D eigenvalue weighted by molar-refractivity contribution is 5.82. The number of amides is 1. The van der Waals surface area contributed by atoms with Crippen molar-refractivity contribution in [2.24, 2.45) is 0 Å². The van der Waals surface area contributed by atoms with Crippen LogP contribution in [0.5, 0.6) is 0 Å². The molecule has 0 bridgehead atoms. The van der Waals surface area contributed by atoms with E-state index in [9.17, 15) is 4.79 Å².